The molecule has 0 aliphatic rings. The number of carboxylic acids is 1. The van der Waals surface area contributed by atoms with Crippen LogP contribution in [-0.2, 0) is 14.8 Å². The van der Waals surface area contributed by atoms with Gasteiger partial charge in [-0.05, 0) is 26.2 Å². The van der Waals surface area contributed by atoms with Crippen molar-refractivity contribution < 1.29 is 23.1 Å². The molecule has 0 saturated heterocycles. The lowest BCUT2D eigenvalue weighted by atomic mass is 10.0. The van der Waals surface area contributed by atoms with Gasteiger partial charge in [-0.3, -0.25) is 0 Å². The summed E-state index contributed by atoms with van der Waals surface area (Å²) < 4.78 is 24.7. The highest BCUT2D eigenvalue weighted by Crippen LogP contribution is 2.05. The predicted octanol–water partition coefficient (Wildman–Crippen LogP) is 0.113. The number of hydrogen-bond donors (Lipinski definition) is 4. The number of carbonyl (C=O) groups is 2. The van der Waals surface area contributed by atoms with Gasteiger partial charge in [0, 0.05) is 12.1 Å². The van der Waals surface area contributed by atoms with Crippen LogP contribution in [0.3, 0.4) is 0 Å². The summed E-state index contributed by atoms with van der Waals surface area (Å²) in [4.78, 5) is 22.7. The van der Waals surface area contributed by atoms with Gasteiger partial charge in [-0.15, -0.1) is 0 Å². The fourth-order valence-electron chi connectivity index (χ4n) is 1.74. The van der Waals surface area contributed by atoms with Crippen molar-refractivity contribution in [1.29, 1.82) is 0 Å². The van der Waals surface area contributed by atoms with Crippen LogP contribution in [0.1, 0.15) is 34.1 Å². The number of hydrogen-bond acceptors (Lipinski definition) is 4. The normalized spacial score (nSPS) is 13.8. The van der Waals surface area contributed by atoms with Gasteiger partial charge in [-0.2, -0.15) is 0 Å². The van der Waals surface area contributed by atoms with E-state index in [2.05, 4.69) is 15.4 Å². The molecule has 0 unspecified atom stereocenters. The van der Waals surface area contributed by atoms with E-state index in [9.17, 15) is 18.0 Å². The van der Waals surface area contributed by atoms with E-state index in [0.29, 0.717) is 6.42 Å². The topological polar surface area (TPSA) is 125 Å². The van der Waals surface area contributed by atoms with E-state index in [0.717, 1.165) is 6.26 Å². The average molecular weight is 323 g/mol. The Morgan fingerprint density at radius 1 is 1.24 bits per heavy atom. The summed E-state index contributed by atoms with van der Waals surface area (Å²) in [5, 5.41) is 13.8. The van der Waals surface area contributed by atoms with Gasteiger partial charge in [0.1, 0.15) is 6.04 Å². The zero-order valence-electron chi connectivity index (χ0n) is 13.1. The van der Waals surface area contributed by atoms with Crippen molar-refractivity contribution in [3.05, 3.63) is 0 Å². The second kappa shape index (κ2) is 7.60. The second-order valence-electron chi connectivity index (χ2n) is 6.11. The molecular formula is C12H25N3O5S. The zero-order valence-corrected chi connectivity index (χ0v) is 13.9. The Bertz CT molecular complexity index is 473. The smallest absolute Gasteiger partial charge is 0.326 e. The van der Waals surface area contributed by atoms with E-state index in [1.54, 1.807) is 13.8 Å². The molecule has 4 N–H and O–H groups in total. The van der Waals surface area contributed by atoms with Crippen molar-refractivity contribution in [2.24, 2.45) is 5.92 Å². The molecule has 0 aromatic carbocycles. The predicted molar refractivity (Wildman–Crippen MR) is 79.5 cm³/mol. The quantitative estimate of drug-likeness (QED) is 0.505. The Morgan fingerprint density at radius 2 is 1.76 bits per heavy atom. The standard InChI is InChI=1S/C12H25N3O5S/c1-8(2)6-9(10(16)17)14-11(18)13-7-12(3,4)15-21(5,19)20/h8-9,15H,6-7H2,1-5H3,(H,16,17)(H2,13,14,18)/t9-/m1/s1. The number of aliphatic carboxylic acids is 1. The minimum absolute atomic E-state index is 0.0277. The molecule has 0 aromatic rings. The number of carbonyl (C=O) groups excluding carboxylic acids is 1. The molecule has 9 heteroatoms. The summed E-state index contributed by atoms with van der Waals surface area (Å²) in [6.45, 7) is 6.96. The SMILES string of the molecule is CC(C)C[C@@H](NC(=O)NCC(C)(C)NS(C)(=O)=O)C(=O)O. The summed E-state index contributed by atoms with van der Waals surface area (Å²) in [7, 11) is -3.40. The van der Waals surface area contributed by atoms with Gasteiger partial charge in [-0.1, -0.05) is 13.8 Å². The molecule has 1 atom stereocenters. The summed E-state index contributed by atoms with van der Waals surface area (Å²) in [6.07, 6.45) is 1.34. The van der Waals surface area contributed by atoms with Crippen LogP contribution < -0.4 is 15.4 Å². The van der Waals surface area contributed by atoms with E-state index in [-0.39, 0.29) is 12.5 Å². The van der Waals surface area contributed by atoms with Crippen LogP contribution in [0.15, 0.2) is 0 Å². The largest absolute Gasteiger partial charge is 0.480 e. The summed E-state index contributed by atoms with van der Waals surface area (Å²) in [5.41, 5.74) is -0.873. The van der Waals surface area contributed by atoms with Crippen LogP contribution in [0.4, 0.5) is 4.79 Å². The minimum Gasteiger partial charge on any atom is -0.480 e. The third-order valence-electron chi connectivity index (χ3n) is 2.46. The first-order chi connectivity index (χ1) is 9.32. The maximum absolute atomic E-state index is 11.7. The Hall–Kier alpha value is -1.35. The van der Waals surface area contributed by atoms with E-state index < -0.39 is 33.6 Å². The molecule has 124 valence electrons. The molecular weight excluding hydrogens is 298 g/mol. The first kappa shape index (κ1) is 19.7. The van der Waals surface area contributed by atoms with Gasteiger partial charge >= 0.3 is 12.0 Å². The second-order valence-corrected chi connectivity index (χ2v) is 7.85. The maximum Gasteiger partial charge on any atom is 0.326 e. The van der Waals surface area contributed by atoms with Gasteiger partial charge < -0.3 is 15.7 Å². The van der Waals surface area contributed by atoms with E-state index >= 15 is 0 Å². The molecule has 0 aliphatic heterocycles. The molecule has 21 heavy (non-hydrogen) atoms. The number of carboxylic acid groups (broad SMARTS) is 1. The Labute approximate surface area is 125 Å². The highest BCUT2D eigenvalue weighted by atomic mass is 32.2. The van der Waals surface area contributed by atoms with Crippen LogP contribution in [0, 0.1) is 5.92 Å². The van der Waals surface area contributed by atoms with Crippen LogP contribution in [0.5, 0.6) is 0 Å². The van der Waals surface area contributed by atoms with Crippen LogP contribution in [0.25, 0.3) is 0 Å². The fraction of sp³-hybridized carbons (Fsp3) is 0.833. The third kappa shape index (κ3) is 10.1. The van der Waals surface area contributed by atoms with Gasteiger partial charge in [0.05, 0.1) is 6.26 Å². The average Bonchev–Trinajstić information content (AvgIpc) is 2.21. The maximum atomic E-state index is 11.7. The number of amides is 2. The lowest BCUT2D eigenvalue weighted by Gasteiger charge is -2.26. The number of rotatable bonds is 8. The number of sulfonamides is 1. The van der Waals surface area contributed by atoms with Gasteiger partial charge in [0.15, 0.2) is 0 Å². The van der Waals surface area contributed by atoms with Crippen molar-refractivity contribution in [3.8, 4) is 0 Å². The molecule has 0 rings (SSSR count). The molecule has 0 heterocycles. The summed E-state index contributed by atoms with van der Waals surface area (Å²) in [5.74, 6) is -0.984. The van der Waals surface area contributed by atoms with Crippen molar-refractivity contribution >= 4 is 22.0 Å². The first-order valence-corrected chi connectivity index (χ1v) is 8.47. The van der Waals surface area contributed by atoms with E-state index in [1.807, 2.05) is 13.8 Å². The van der Waals surface area contributed by atoms with E-state index in [4.69, 9.17) is 5.11 Å². The van der Waals surface area contributed by atoms with Crippen molar-refractivity contribution in [2.45, 2.75) is 45.7 Å². The third-order valence-corrected chi connectivity index (χ3v) is 3.39. The van der Waals surface area contributed by atoms with E-state index in [1.165, 1.54) is 0 Å². The first-order valence-electron chi connectivity index (χ1n) is 6.58. The molecule has 0 aliphatic carbocycles. The van der Waals surface area contributed by atoms with Crippen LogP contribution in [-0.4, -0.2) is 49.9 Å². The highest BCUT2D eigenvalue weighted by Gasteiger charge is 2.25. The van der Waals surface area contributed by atoms with Gasteiger partial charge in [0.25, 0.3) is 0 Å². The van der Waals surface area contributed by atoms with Crippen molar-refractivity contribution in [3.63, 3.8) is 0 Å². The van der Waals surface area contributed by atoms with Gasteiger partial charge in [0.2, 0.25) is 10.0 Å². The molecule has 0 radical (unpaired) electrons. The lowest BCUT2D eigenvalue weighted by molar-refractivity contribution is -0.139. The molecule has 0 aromatic heterocycles. The molecule has 0 bridgehead atoms. The summed E-state index contributed by atoms with van der Waals surface area (Å²) in [6, 6.07) is -1.62. The highest BCUT2D eigenvalue weighted by molar-refractivity contribution is 7.88. The molecule has 0 spiro atoms. The lowest BCUT2D eigenvalue weighted by Crippen LogP contribution is -2.54. The monoisotopic (exact) mass is 323 g/mol. The van der Waals surface area contributed by atoms with Crippen molar-refractivity contribution in [2.75, 3.05) is 12.8 Å². The van der Waals surface area contributed by atoms with Crippen LogP contribution >= 0.6 is 0 Å². The Kier molecular flexibility index (Phi) is 7.11. The van der Waals surface area contributed by atoms with Crippen LogP contribution in [0.2, 0.25) is 0 Å². The number of nitrogens with one attached hydrogen (secondary N) is 3. The summed E-state index contributed by atoms with van der Waals surface area (Å²) >= 11 is 0. The Balaban J connectivity index is 4.46. The molecule has 0 fully saturated rings. The Morgan fingerprint density at radius 3 is 2.14 bits per heavy atom. The fourth-order valence-corrected chi connectivity index (χ4v) is 2.82. The van der Waals surface area contributed by atoms with Crippen molar-refractivity contribution in [1.82, 2.24) is 15.4 Å². The molecule has 8 nitrogen and oxygen atoms in total. The molecule has 0 saturated carbocycles. The molecule has 2 amide bonds. The number of urea groups is 1. The van der Waals surface area contributed by atoms with Gasteiger partial charge in [-0.25, -0.2) is 22.7 Å². The minimum atomic E-state index is -3.40. The zero-order chi connectivity index (χ0) is 16.8.